The average molecular weight is 413 g/mol. The number of hydrogen-bond donors (Lipinski definition) is 0. The summed E-state index contributed by atoms with van der Waals surface area (Å²) in [5.41, 5.74) is 3.98. The van der Waals surface area contributed by atoms with Crippen LogP contribution in [-0.2, 0) is 6.42 Å². The highest BCUT2D eigenvalue weighted by atomic mass is 28.4. The third-order valence-electron chi connectivity index (χ3n) is 6.60. The predicted octanol–water partition coefficient (Wildman–Crippen LogP) is 7.80. The first-order valence-electron chi connectivity index (χ1n) is 11.5. The van der Waals surface area contributed by atoms with Gasteiger partial charge in [-0.25, -0.2) is 0 Å². The molecular weight excluding hydrogens is 372 g/mol. The largest absolute Gasteiger partial charge is 0.543 e. The van der Waals surface area contributed by atoms with Crippen LogP contribution in [0.1, 0.15) is 76.8 Å². The summed E-state index contributed by atoms with van der Waals surface area (Å²) >= 11 is 0. The molecule has 0 fully saturated rings. The Morgan fingerprint density at radius 1 is 1.28 bits per heavy atom. The van der Waals surface area contributed by atoms with Gasteiger partial charge in [-0.05, 0) is 83.3 Å². The van der Waals surface area contributed by atoms with Crippen LogP contribution in [0.15, 0.2) is 36.4 Å². The van der Waals surface area contributed by atoms with E-state index in [4.69, 9.17) is 9.16 Å². The first-order chi connectivity index (χ1) is 13.7. The molecular formula is C26H40O2Si. The van der Waals surface area contributed by atoms with E-state index in [1.54, 1.807) is 0 Å². The number of unbranched alkanes of at least 4 members (excludes halogenated alkanes) is 2. The van der Waals surface area contributed by atoms with E-state index in [0.29, 0.717) is 11.8 Å². The molecule has 2 aliphatic rings. The van der Waals surface area contributed by atoms with Gasteiger partial charge in [-0.2, -0.15) is 0 Å². The van der Waals surface area contributed by atoms with Gasteiger partial charge in [-0.1, -0.05) is 37.5 Å². The fourth-order valence-corrected chi connectivity index (χ4v) is 6.60. The molecule has 29 heavy (non-hydrogen) atoms. The SMILES string of the molecule is C=CC[Si](C)(C)Oc1cc(CCCCC)cc2c1[C@@H]1C=C(C)CC[C@H]1C(C)(C)O2. The number of aryl methyl sites for hydroxylation is 1. The standard InChI is InChI=1S/C26H40O2Si/c1-8-10-11-12-20-17-23-25(24(18-20)28-29(6,7)15-9-2)21-16-19(3)13-14-22(21)26(4,5)27-23/h9,16-18,21-22H,2,8,10-15H2,1,3-7H3/t21-,22-/m1/s1. The Labute approximate surface area is 179 Å². The third kappa shape index (κ3) is 4.99. The molecule has 0 amide bonds. The van der Waals surface area contributed by atoms with Crippen LogP contribution in [0.4, 0.5) is 0 Å². The topological polar surface area (TPSA) is 18.5 Å². The van der Waals surface area contributed by atoms with Gasteiger partial charge in [-0.15, -0.1) is 6.58 Å². The van der Waals surface area contributed by atoms with Crippen molar-refractivity contribution in [1.29, 1.82) is 0 Å². The van der Waals surface area contributed by atoms with Crippen molar-refractivity contribution in [3.63, 3.8) is 0 Å². The number of ether oxygens (including phenoxy) is 1. The summed E-state index contributed by atoms with van der Waals surface area (Å²) in [6.07, 6.45) is 11.7. The summed E-state index contributed by atoms with van der Waals surface area (Å²) in [6.45, 7) is 17.6. The van der Waals surface area contributed by atoms with Crippen LogP contribution < -0.4 is 9.16 Å². The lowest BCUT2D eigenvalue weighted by Gasteiger charge is -2.47. The molecule has 0 radical (unpaired) electrons. The van der Waals surface area contributed by atoms with Gasteiger partial charge < -0.3 is 9.16 Å². The fourth-order valence-electron chi connectivity index (χ4n) is 5.06. The monoisotopic (exact) mass is 412 g/mol. The molecule has 0 aromatic heterocycles. The quantitative estimate of drug-likeness (QED) is 0.246. The lowest BCUT2D eigenvalue weighted by Crippen LogP contribution is -2.45. The number of fused-ring (bicyclic) bond motifs is 3. The molecule has 0 saturated carbocycles. The maximum absolute atomic E-state index is 6.80. The molecule has 1 aliphatic heterocycles. The minimum atomic E-state index is -1.87. The lowest BCUT2D eigenvalue weighted by atomic mass is 9.68. The summed E-state index contributed by atoms with van der Waals surface area (Å²) in [5, 5.41) is 0. The Bertz CT molecular complexity index is 775. The second kappa shape index (κ2) is 8.71. The highest BCUT2D eigenvalue weighted by Crippen LogP contribution is 2.54. The lowest BCUT2D eigenvalue weighted by molar-refractivity contribution is 0.0110. The van der Waals surface area contributed by atoms with Gasteiger partial charge in [-0.3, -0.25) is 0 Å². The highest BCUT2D eigenvalue weighted by Gasteiger charge is 2.45. The number of benzene rings is 1. The van der Waals surface area contributed by atoms with Gasteiger partial charge in [0, 0.05) is 17.4 Å². The van der Waals surface area contributed by atoms with E-state index in [1.165, 1.54) is 48.8 Å². The minimum absolute atomic E-state index is 0.151. The Kier molecular flexibility index (Phi) is 6.67. The molecule has 1 aromatic carbocycles. The summed E-state index contributed by atoms with van der Waals surface area (Å²) in [4.78, 5) is 0. The van der Waals surface area contributed by atoms with Crippen molar-refractivity contribution in [1.82, 2.24) is 0 Å². The van der Waals surface area contributed by atoms with Crippen molar-refractivity contribution < 1.29 is 9.16 Å². The molecule has 1 aromatic rings. The second-order valence-corrected chi connectivity index (χ2v) is 14.3. The molecule has 2 atom stereocenters. The number of rotatable bonds is 8. The van der Waals surface area contributed by atoms with Crippen molar-refractivity contribution in [3.05, 3.63) is 47.6 Å². The van der Waals surface area contributed by atoms with Crippen LogP contribution in [0, 0.1) is 5.92 Å². The zero-order valence-corrected chi connectivity index (χ0v) is 20.4. The van der Waals surface area contributed by atoms with Gasteiger partial charge in [0.15, 0.2) is 0 Å². The number of hydrogen-bond acceptors (Lipinski definition) is 2. The molecule has 0 N–H and O–H groups in total. The summed E-state index contributed by atoms with van der Waals surface area (Å²) in [7, 11) is -1.87. The minimum Gasteiger partial charge on any atom is -0.543 e. The first-order valence-corrected chi connectivity index (χ1v) is 14.6. The van der Waals surface area contributed by atoms with Gasteiger partial charge >= 0.3 is 0 Å². The van der Waals surface area contributed by atoms with Crippen molar-refractivity contribution >= 4 is 8.32 Å². The second-order valence-electron chi connectivity index (χ2n) is 10.2. The van der Waals surface area contributed by atoms with E-state index in [2.05, 4.69) is 65.6 Å². The van der Waals surface area contributed by atoms with Crippen molar-refractivity contribution in [2.45, 2.75) is 96.9 Å². The molecule has 2 nitrogen and oxygen atoms in total. The Balaban J connectivity index is 2.09. The summed E-state index contributed by atoms with van der Waals surface area (Å²) in [5.74, 6) is 3.01. The molecule has 1 aliphatic carbocycles. The molecule has 3 heteroatoms. The van der Waals surface area contributed by atoms with E-state index in [1.807, 2.05) is 6.08 Å². The molecule has 0 saturated heterocycles. The van der Waals surface area contributed by atoms with Crippen molar-refractivity contribution in [2.24, 2.45) is 5.92 Å². The zero-order chi connectivity index (χ0) is 21.2. The van der Waals surface area contributed by atoms with E-state index in [9.17, 15) is 0 Å². The zero-order valence-electron chi connectivity index (χ0n) is 19.4. The first kappa shape index (κ1) is 22.2. The van der Waals surface area contributed by atoms with Gasteiger partial charge in [0.05, 0.1) is 0 Å². The Morgan fingerprint density at radius 3 is 2.72 bits per heavy atom. The third-order valence-corrected chi connectivity index (χ3v) is 8.65. The van der Waals surface area contributed by atoms with Crippen LogP contribution in [0.25, 0.3) is 0 Å². The predicted molar refractivity (Wildman–Crippen MR) is 127 cm³/mol. The van der Waals surface area contributed by atoms with Crippen LogP contribution in [0.3, 0.4) is 0 Å². The Morgan fingerprint density at radius 2 is 2.03 bits per heavy atom. The molecule has 3 rings (SSSR count). The van der Waals surface area contributed by atoms with Crippen LogP contribution >= 0.6 is 0 Å². The normalized spacial score (nSPS) is 22.8. The smallest absolute Gasteiger partial charge is 0.248 e. The van der Waals surface area contributed by atoms with Crippen molar-refractivity contribution in [2.75, 3.05) is 0 Å². The highest BCUT2D eigenvalue weighted by molar-refractivity contribution is 6.72. The maximum atomic E-state index is 6.80. The molecule has 0 unspecified atom stereocenters. The summed E-state index contributed by atoms with van der Waals surface area (Å²) in [6, 6.07) is 5.58. The van der Waals surface area contributed by atoms with Crippen LogP contribution in [-0.4, -0.2) is 13.9 Å². The number of allylic oxidation sites excluding steroid dienone is 3. The van der Waals surface area contributed by atoms with Crippen LogP contribution in [0.5, 0.6) is 11.5 Å². The fraction of sp³-hybridized carbons (Fsp3) is 0.615. The average Bonchev–Trinajstić information content (AvgIpc) is 2.60. The van der Waals surface area contributed by atoms with E-state index >= 15 is 0 Å². The van der Waals surface area contributed by atoms with E-state index < -0.39 is 8.32 Å². The van der Waals surface area contributed by atoms with Gasteiger partial charge in [0.2, 0.25) is 8.32 Å². The van der Waals surface area contributed by atoms with Crippen molar-refractivity contribution in [3.8, 4) is 11.5 Å². The van der Waals surface area contributed by atoms with Gasteiger partial charge in [0.1, 0.15) is 17.1 Å². The van der Waals surface area contributed by atoms with Gasteiger partial charge in [0.25, 0.3) is 0 Å². The molecule has 0 spiro atoms. The molecule has 0 bridgehead atoms. The van der Waals surface area contributed by atoms with Crippen LogP contribution in [0.2, 0.25) is 19.1 Å². The summed E-state index contributed by atoms with van der Waals surface area (Å²) < 4.78 is 13.5. The molecule has 160 valence electrons. The molecule has 1 heterocycles. The maximum Gasteiger partial charge on any atom is 0.248 e. The van der Waals surface area contributed by atoms with E-state index in [-0.39, 0.29) is 5.60 Å². The Hall–Kier alpha value is -1.48. The van der Waals surface area contributed by atoms with E-state index in [0.717, 1.165) is 24.0 Å².